The van der Waals surface area contributed by atoms with Crippen LogP contribution >= 0.6 is 0 Å². The Kier molecular flexibility index (Phi) is 5.62. The van der Waals surface area contributed by atoms with Gasteiger partial charge in [-0.05, 0) is 31.7 Å². The predicted octanol–water partition coefficient (Wildman–Crippen LogP) is 2.00. The van der Waals surface area contributed by atoms with Crippen molar-refractivity contribution in [1.29, 1.82) is 0 Å². The molecular weight excluding hydrogens is 214 g/mol. The molecule has 0 saturated carbocycles. The first-order valence-corrected chi connectivity index (χ1v) is 6.69. The average molecular weight is 239 g/mol. The van der Waals surface area contributed by atoms with Crippen molar-refractivity contribution in [2.24, 2.45) is 22.7 Å². The molecule has 4 heteroatoms. The van der Waals surface area contributed by atoms with E-state index < -0.39 is 0 Å². The third-order valence-electron chi connectivity index (χ3n) is 3.08. The Balaban J connectivity index is 2.64. The van der Waals surface area contributed by atoms with Gasteiger partial charge in [-0.15, -0.1) is 0 Å². The van der Waals surface area contributed by atoms with Crippen LogP contribution in [-0.2, 0) is 4.79 Å². The summed E-state index contributed by atoms with van der Waals surface area (Å²) in [5, 5.41) is 6.13. The van der Waals surface area contributed by atoms with E-state index in [0.717, 1.165) is 37.9 Å². The molecule has 0 fully saturated rings. The number of nitrogens with two attached hydrogens (primary N) is 1. The monoisotopic (exact) mass is 239 g/mol. The minimum Gasteiger partial charge on any atom is -0.330 e. The number of hydrogen-bond acceptors (Lipinski definition) is 3. The maximum absolute atomic E-state index is 12.1. The van der Waals surface area contributed by atoms with E-state index >= 15 is 0 Å². The van der Waals surface area contributed by atoms with Gasteiger partial charge in [0.2, 0.25) is 0 Å². The fourth-order valence-electron chi connectivity index (χ4n) is 2.07. The van der Waals surface area contributed by atoms with Gasteiger partial charge in [-0.25, -0.2) is 5.01 Å². The molecule has 0 bridgehead atoms. The van der Waals surface area contributed by atoms with Crippen molar-refractivity contribution in [3.05, 3.63) is 0 Å². The van der Waals surface area contributed by atoms with Crippen LogP contribution in [0.5, 0.6) is 0 Å². The SMILES string of the molecule is CCCC1=NN(CCC(C)C)C(=O)C1CCN. The zero-order chi connectivity index (χ0) is 12.8. The zero-order valence-electron chi connectivity index (χ0n) is 11.3. The lowest BCUT2D eigenvalue weighted by atomic mass is 9.96. The summed E-state index contributed by atoms with van der Waals surface area (Å²) in [7, 11) is 0. The molecule has 17 heavy (non-hydrogen) atoms. The maximum atomic E-state index is 12.1. The van der Waals surface area contributed by atoms with Crippen molar-refractivity contribution in [2.45, 2.75) is 46.5 Å². The molecule has 4 nitrogen and oxygen atoms in total. The van der Waals surface area contributed by atoms with Crippen molar-refractivity contribution >= 4 is 11.6 Å². The van der Waals surface area contributed by atoms with Crippen molar-refractivity contribution < 1.29 is 4.79 Å². The molecule has 0 saturated heterocycles. The van der Waals surface area contributed by atoms with E-state index in [1.54, 1.807) is 5.01 Å². The van der Waals surface area contributed by atoms with Gasteiger partial charge in [-0.1, -0.05) is 27.2 Å². The van der Waals surface area contributed by atoms with Gasteiger partial charge in [-0.2, -0.15) is 5.10 Å². The topological polar surface area (TPSA) is 58.7 Å². The Bertz CT molecular complexity index is 286. The summed E-state index contributed by atoms with van der Waals surface area (Å²) in [6.07, 6.45) is 3.68. The number of carbonyl (C=O) groups is 1. The molecule has 0 aliphatic carbocycles. The lowest BCUT2D eigenvalue weighted by Crippen LogP contribution is -2.30. The van der Waals surface area contributed by atoms with Crippen LogP contribution in [0.25, 0.3) is 0 Å². The summed E-state index contributed by atoms with van der Waals surface area (Å²) < 4.78 is 0. The predicted molar refractivity (Wildman–Crippen MR) is 70.7 cm³/mol. The maximum Gasteiger partial charge on any atom is 0.251 e. The van der Waals surface area contributed by atoms with E-state index in [2.05, 4.69) is 25.9 Å². The van der Waals surface area contributed by atoms with Crippen molar-refractivity contribution in [3.63, 3.8) is 0 Å². The van der Waals surface area contributed by atoms with Crippen LogP contribution in [0.2, 0.25) is 0 Å². The van der Waals surface area contributed by atoms with Gasteiger partial charge >= 0.3 is 0 Å². The largest absolute Gasteiger partial charge is 0.330 e. The number of nitrogens with zero attached hydrogens (tertiary/aromatic N) is 2. The van der Waals surface area contributed by atoms with E-state index in [0.29, 0.717) is 12.5 Å². The zero-order valence-corrected chi connectivity index (χ0v) is 11.3. The lowest BCUT2D eigenvalue weighted by molar-refractivity contribution is -0.132. The first-order chi connectivity index (χ1) is 8.10. The minimum atomic E-state index is -0.0490. The highest BCUT2D eigenvalue weighted by atomic mass is 16.2. The first-order valence-electron chi connectivity index (χ1n) is 6.69. The van der Waals surface area contributed by atoms with Crippen LogP contribution in [0, 0.1) is 11.8 Å². The molecule has 0 aromatic carbocycles. The molecule has 0 aromatic rings. The average Bonchev–Trinajstić information content (AvgIpc) is 2.56. The molecule has 98 valence electrons. The van der Waals surface area contributed by atoms with Gasteiger partial charge in [0.15, 0.2) is 0 Å². The summed E-state index contributed by atoms with van der Waals surface area (Å²) in [4.78, 5) is 12.1. The Morgan fingerprint density at radius 2 is 2.18 bits per heavy atom. The number of rotatable bonds is 7. The van der Waals surface area contributed by atoms with E-state index in [1.807, 2.05) is 0 Å². The number of hydrazone groups is 1. The molecular formula is C13H25N3O. The fourth-order valence-corrected chi connectivity index (χ4v) is 2.07. The third kappa shape index (κ3) is 3.80. The number of amides is 1. The van der Waals surface area contributed by atoms with Gasteiger partial charge in [0.25, 0.3) is 5.91 Å². The van der Waals surface area contributed by atoms with Crippen LogP contribution in [0.4, 0.5) is 0 Å². The highest BCUT2D eigenvalue weighted by Gasteiger charge is 2.33. The molecule has 1 atom stereocenters. The highest BCUT2D eigenvalue weighted by molar-refractivity contribution is 6.07. The molecule has 0 spiro atoms. The Labute approximate surface area is 104 Å². The van der Waals surface area contributed by atoms with Gasteiger partial charge in [-0.3, -0.25) is 4.79 Å². The Morgan fingerprint density at radius 1 is 1.47 bits per heavy atom. The number of hydrogen-bond donors (Lipinski definition) is 1. The summed E-state index contributed by atoms with van der Waals surface area (Å²) in [6, 6.07) is 0. The molecule has 1 aliphatic rings. The molecule has 1 rings (SSSR count). The molecule has 0 radical (unpaired) electrons. The summed E-state index contributed by atoms with van der Waals surface area (Å²) in [6.45, 7) is 7.73. The lowest BCUT2D eigenvalue weighted by Gasteiger charge is -2.15. The molecule has 0 aromatic heterocycles. The summed E-state index contributed by atoms with van der Waals surface area (Å²) >= 11 is 0. The standard InChI is InChI=1S/C13H25N3O/c1-4-5-12-11(6-8-14)13(17)16(15-12)9-7-10(2)3/h10-11H,4-9,14H2,1-3H3. The Hall–Kier alpha value is -0.900. The fraction of sp³-hybridized carbons (Fsp3) is 0.846. The smallest absolute Gasteiger partial charge is 0.251 e. The number of carbonyl (C=O) groups excluding carboxylic acids is 1. The first kappa shape index (κ1) is 14.2. The molecule has 2 N–H and O–H groups in total. The normalized spacial score (nSPS) is 20.3. The summed E-state index contributed by atoms with van der Waals surface area (Å²) in [5.41, 5.74) is 6.60. The van der Waals surface area contributed by atoms with E-state index in [9.17, 15) is 4.79 Å². The van der Waals surface area contributed by atoms with Gasteiger partial charge in [0.1, 0.15) is 0 Å². The third-order valence-corrected chi connectivity index (χ3v) is 3.08. The highest BCUT2D eigenvalue weighted by Crippen LogP contribution is 2.22. The van der Waals surface area contributed by atoms with Crippen LogP contribution in [-0.4, -0.2) is 29.7 Å². The molecule has 1 aliphatic heterocycles. The molecule has 1 heterocycles. The van der Waals surface area contributed by atoms with Crippen molar-refractivity contribution in [3.8, 4) is 0 Å². The Morgan fingerprint density at radius 3 is 2.71 bits per heavy atom. The van der Waals surface area contributed by atoms with E-state index in [-0.39, 0.29) is 11.8 Å². The van der Waals surface area contributed by atoms with E-state index in [4.69, 9.17) is 5.73 Å². The van der Waals surface area contributed by atoms with Crippen LogP contribution < -0.4 is 5.73 Å². The molecule has 1 unspecified atom stereocenters. The quantitative estimate of drug-likeness (QED) is 0.738. The van der Waals surface area contributed by atoms with Crippen molar-refractivity contribution in [2.75, 3.05) is 13.1 Å². The summed E-state index contributed by atoms with van der Waals surface area (Å²) in [5.74, 6) is 0.702. The second kappa shape index (κ2) is 6.74. The second-order valence-corrected chi connectivity index (χ2v) is 5.12. The molecule has 1 amide bonds. The van der Waals surface area contributed by atoms with Crippen LogP contribution in [0.15, 0.2) is 5.10 Å². The van der Waals surface area contributed by atoms with Gasteiger partial charge in [0.05, 0.1) is 11.6 Å². The minimum absolute atomic E-state index is 0.0490. The van der Waals surface area contributed by atoms with Crippen molar-refractivity contribution in [1.82, 2.24) is 5.01 Å². The second-order valence-electron chi connectivity index (χ2n) is 5.12. The van der Waals surface area contributed by atoms with Crippen LogP contribution in [0.1, 0.15) is 46.5 Å². The van der Waals surface area contributed by atoms with Crippen LogP contribution in [0.3, 0.4) is 0 Å². The van der Waals surface area contributed by atoms with Gasteiger partial charge in [0, 0.05) is 6.54 Å². The van der Waals surface area contributed by atoms with E-state index in [1.165, 1.54) is 0 Å². The van der Waals surface area contributed by atoms with Gasteiger partial charge < -0.3 is 5.73 Å².